The maximum absolute atomic E-state index is 13.5. The van der Waals surface area contributed by atoms with Crippen LogP contribution >= 0.6 is 0 Å². The first kappa shape index (κ1) is 16.1. The summed E-state index contributed by atoms with van der Waals surface area (Å²) in [6.07, 6.45) is 0. The highest BCUT2D eigenvalue weighted by Gasteiger charge is 2.77. The summed E-state index contributed by atoms with van der Waals surface area (Å²) >= 11 is 0. The lowest BCUT2D eigenvalue weighted by Gasteiger charge is -2.04. The van der Waals surface area contributed by atoms with Gasteiger partial charge in [0.1, 0.15) is 11.1 Å². The van der Waals surface area contributed by atoms with Gasteiger partial charge in [0.2, 0.25) is 0 Å². The number of halogens is 1. The molecule has 7 heteroatoms. The molecule has 3 rings (SSSR count). The Balaban J connectivity index is 2.16. The molecule has 0 unspecified atom stereocenters. The smallest absolute Gasteiger partial charge is 0.326 e. The lowest BCUT2D eigenvalue weighted by molar-refractivity contribution is -0.141. The summed E-state index contributed by atoms with van der Waals surface area (Å²) in [6.45, 7) is 0. The Labute approximate surface area is 137 Å². The fraction of sp³-hybridized carbons (Fsp3) is 0.176. The van der Waals surface area contributed by atoms with E-state index in [1.54, 1.807) is 12.1 Å². The Bertz CT molecular complexity index is 952. The van der Waals surface area contributed by atoms with E-state index in [9.17, 15) is 28.0 Å². The van der Waals surface area contributed by atoms with E-state index in [2.05, 4.69) is 0 Å². The average molecular weight is 345 g/mol. The van der Waals surface area contributed by atoms with Crippen molar-refractivity contribution >= 4 is 15.8 Å². The topological polar surface area (TPSA) is 95.2 Å². The van der Waals surface area contributed by atoms with E-state index >= 15 is 0 Å². The van der Waals surface area contributed by atoms with Gasteiger partial charge in [0.15, 0.2) is 15.3 Å². The van der Waals surface area contributed by atoms with E-state index in [0.29, 0.717) is 0 Å². The number of hydrogen-bond acceptors (Lipinski definition) is 4. The summed E-state index contributed by atoms with van der Waals surface area (Å²) in [4.78, 5) is 11.6. The molecule has 0 aromatic heterocycles. The predicted molar refractivity (Wildman–Crippen MR) is 82.2 cm³/mol. The summed E-state index contributed by atoms with van der Waals surface area (Å²) in [5.74, 6) is -3.27. The molecule has 0 amide bonds. The third-order valence-electron chi connectivity index (χ3n) is 4.29. The minimum atomic E-state index is -4.07. The van der Waals surface area contributed by atoms with E-state index in [0.717, 1.165) is 6.07 Å². The number of nitrogens with zero attached hydrogens (tertiary/aromatic N) is 1. The summed E-state index contributed by atoms with van der Waals surface area (Å²) in [6, 6.07) is 14.0. The molecule has 1 N–H and O–H groups in total. The minimum absolute atomic E-state index is 0.0604. The van der Waals surface area contributed by atoms with Gasteiger partial charge >= 0.3 is 5.97 Å². The van der Waals surface area contributed by atoms with Crippen LogP contribution < -0.4 is 0 Å². The quantitative estimate of drug-likeness (QED) is 0.918. The third-order valence-corrected chi connectivity index (χ3v) is 6.53. The van der Waals surface area contributed by atoms with Crippen LogP contribution in [0.5, 0.6) is 0 Å². The summed E-state index contributed by atoms with van der Waals surface area (Å²) in [7, 11) is -4.07. The second-order valence-electron chi connectivity index (χ2n) is 5.60. The molecule has 2 aromatic carbocycles. The molecule has 1 saturated carbocycles. The number of carbonyl (C=O) groups is 1. The number of benzene rings is 2. The van der Waals surface area contributed by atoms with E-state index in [1.807, 2.05) is 0 Å². The Morgan fingerprint density at radius 2 is 1.83 bits per heavy atom. The average Bonchev–Trinajstić information content (AvgIpc) is 3.27. The highest BCUT2D eigenvalue weighted by Crippen LogP contribution is 2.64. The Kier molecular flexibility index (Phi) is 3.65. The lowest BCUT2D eigenvalue weighted by atomic mass is 10.0. The molecule has 0 saturated heterocycles. The van der Waals surface area contributed by atoms with Crippen molar-refractivity contribution in [1.29, 1.82) is 5.26 Å². The fourth-order valence-electron chi connectivity index (χ4n) is 3.11. The fourth-order valence-corrected chi connectivity index (χ4v) is 5.38. The number of rotatable bonds is 4. The van der Waals surface area contributed by atoms with Gasteiger partial charge in [0.05, 0.1) is 11.0 Å². The molecule has 1 aliphatic rings. The molecule has 0 heterocycles. The van der Waals surface area contributed by atoms with Gasteiger partial charge in [0, 0.05) is 5.92 Å². The molecule has 0 bridgehead atoms. The van der Waals surface area contributed by atoms with E-state index in [1.165, 1.54) is 42.5 Å². The van der Waals surface area contributed by atoms with Crippen LogP contribution in [0.15, 0.2) is 59.5 Å². The van der Waals surface area contributed by atoms with Crippen LogP contribution in [0.4, 0.5) is 4.39 Å². The van der Waals surface area contributed by atoms with Gasteiger partial charge in [-0.3, -0.25) is 4.79 Å². The van der Waals surface area contributed by atoms with Crippen molar-refractivity contribution in [2.24, 2.45) is 5.41 Å². The van der Waals surface area contributed by atoms with Gasteiger partial charge in [-0.1, -0.05) is 30.3 Å². The normalized spacial score (nSPS) is 25.7. The first-order valence-corrected chi connectivity index (χ1v) is 8.59. The van der Waals surface area contributed by atoms with Crippen LogP contribution in [-0.4, -0.2) is 24.7 Å². The summed E-state index contributed by atoms with van der Waals surface area (Å²) in [5.41, 5.74) is -1.94. The molecule has 0 radical (unpaired) electrons. The number of aliphatic carboxylic acids is 1. The minimum Gasteiger partial charge on any atom is -0.480 e. The largest absolute Gasteiger partial charge is 0.480 e. The van der Waals surface area contributed by atoms with Crippen molar-refractivity contribution in [3.63, 3.8) is 0 Å². The first-order chi connectivity index (χ1) is 11.4. The van der Waals surface area contributed by atoms with Crippen LogP contribution in [0.3, 0.4) is 0 Å². The Hall–Kier alpha value is -2.72. The predicted octanol–water partition coefficient (Wildman–Crippen LogP) is 2.36. The number of sulfone groups is 1. The first-order valence-electron chi connectivity index (χ1n) is 7.04. The van der Waals surface area contributed by atoms with Crippen molar-refractivity contribution in [3.8, 4) is 6.07 Å². The second-order valence-corrected chi connectivity index (χ2v) is 7.67. The van der Waals surface area contributed by atoms with Crippen LogP contribution in [-0.2, 0) is 14.6 Å². The Morgan fingerprint density at radius 3 is 2.38 bits per heavy atom. The number of carboxylic acids is 1. The van der Waals surface area contributed by atoms with Crippen LogP contribution in [0.1, 0.15) is 11.5 Å². The van der Waals surface area contributed by atoms with Crippen LogP contribution in [0, 0.1) is 22.6 Å². The lowest BCUT2D eigenvalue weighted by Crippen LogP contribution is -2.22. The number of hydrogen-bond donors (Lipinski definition) is 1. The van der Waals surface area contributed by atoms with Crippen LogP contribution in [0.2, 0.25) is 0 Å². The molecule has 0 aliphatic heterocycles. The molecule has 122 valence electrons. The van der Waals surface area contributed by atoms with E-state index in [4.69, 9.17) is 0 Å². The molecule has 3 atom stereocenters. The molecule has 24 heavy (non-hydrogen) atoms. The molecule has 0 spiro atoms. The molecular formula is C17H12FNO4S. The van der Waals surface area contributed by atoms with Crippen molar-refractivity contribution in [2.45, 2.75) is 16.1 Å². The van der Waals surface area contributed by atoms with Gasteiger partial charge in [-0.25, -0.2) is 12.8 Å². The monoisotopic (exact) mass is 345 g/mol. The maximum Gasteiger partial charge on any atom is 0.326 e. The summed E-state index contributed by atoms with van der Waals surface area (Å²) in [5, 5.41) is 17.5. The van der Waals surface area contributed by atoms with Crippen molar-refractivity contribution in [2.75, 3.05) is 0 Å². The number of carboxylic acid groups (broad SMARTS) is 1. The molecule has 1 aliphatic carbocycles. The van der Waals surface area contributed by atoms with Crippen molar-refractivity contribution < 1.29 is 22.7 Å². The van der Waals surface area contributed by atoms with E-state index in [-0.39, 0.29) is 10.5 Å². The van der Waals surface area contributed by atoms with Gasteiger partial charge < -0.3 is 5.11 Å². The molecule has 2 aromatic rings. The zero-order valence-electron chi connectivity index (χ0n) is 12.3. The standard InChI is InChI=1S/C17H12FNO4S/c18-12-6-4-5-11(9-12)14-15(17(14,10-19)16(20)21)24(22,23)13-7-2-1-3-8-13/h1-9,14-15H,(H,20,21)/t14-,15-,17+/m0/s1. The molecule has 1 fully saturated rings. The third kappa shape index (κ3) is 2.19. The van der Waals surface area contributed by atoms with Crippen molar-refractivity contribution in [1.82, 2.24) is 0 Å². The second kappa shape index (κ2) is 5.42. The highest BCUT2D eigenvalue weighted by molar-refractivity contribution is 7.92. The Morgan fingerprint density at radius 1 is 1.17 bits per heavy atom. The zero-order chi connectivity index (χ0) is 17.5. The molecular weight excluding hydrogens is 333 g/mol. The highest BCUT2D eigenvalue weighted by atomic mass is 32.2. The van der Waals surface area contributed by atoms with Gasteiger partial charge in [-0.15, -0.1) is 0 Å². The molecule has 5 nitrogen and oxygen atoms in total. The van der Waals surface area contributed by atoms with Crippen molar-refractivity contribution in [3.05, 3.63) is 66.0 Å². The summed E-state index contributed by atoms with van der Waals surface area (Å²) < 4.78 is 39.1. The SMILES string of the molecule is N#C[C@@]1(C(=O)O)[C@@H](c2cccc(F)c2)[C@@H]1S(=O)(=O)c1ccccc1. The zero-order valence-corrected chi connectivity index (χ0v) is 13.1. The van der Waals surface area contributed by atoms with Gasteiger partial charge in [-0.05, 0) is 29.8 Å². The van der Waals surface area contributed by atoms with E-state index < -0.39 is 38.2 Å². The maximum atomic E-state index is 13.5. The number of nitriles is 1. The van der Waals surface area contributed by atoms with Gasteiger partial charge in [0.25, 0.3) is 0 Å². The van der Waals surface area contributed by atoms with Crippen LogP contribution in [0.25, 0.3) is 0 Å². The van der Waals surface area contributed by atoms with Gasteiger partial charge in [-0.2, -0.15) is 5.26 Å².